The second kappa shape index (κ2) is 4.10. The van der Waals surface area contributed by atoms with Gasteiger partial charge in [0.25, 0.3) is 0 Å². The molecule has 0 aromatic carbocycles. The van der Waals surface area contributed by atoms with E-state index < -0.39 is 0 Å². The Balaban J connectivity index is 2.08. The number of nitrogens with zero attached hydrogens (tertiary/aromatic N) is 2. The van der Waals surface area contributed by atoms with Crippen LogP contribution in [0.2, 0.25) is 0 Å². The summed E-state index contributed by atoms with van der Waals surface area (Å²) in [4.78, 5) is 18.4. The molecule has 1 aliphatic carbocycles. The Morgan fingerprint density at radius 2 is 2.33 bits per heavy atom. The molecular formula is C13H16N4O. The van der Waals surface area contributed by atoms with Crippen molar-refractivity contribution in [1.29, 1.82) is 0 Å². The van der Waals surface area contributed by atoms with Crippen molar-refractivity contribution in [3.05, 3.63) is 40.1 Å². The summed E-state index contributed by atoms with van der Waals surface area (Å²) < 4.78 is 2.11. The highest BCUT2D eigenvalue weighted by atomic mass is 16.1. The van der Waals surface area contributed by atoms with E-state index in [1.165, 1.54) is 11.8 Å². The number of imidazole rings is 1. The van der Waals surface area contributed by atoms with Crippen molar-refractivity contribution >= 4 is 0 Å². The Morgan fingerprint density at radius 3 is 3.06 bits per heavy atom. The average Bonchev–Trinajstić information content (AvgIpc) is 2.67. The summed E-state index contributed by atoms with van der Waals surface area (Å²) in [5, 5.41) is 0. The van der Waals surface area contributed by atoms with E-state index in [0.29, 0.717) is 0 Å². The first-order valence-corrected chi connectivity index (χ1v) is 6.14. The van der Waals surface area contributed by atoms with Crippen molar-refractivity contribution in [2.24, 2.45) is 12.8 Å². The first-order chi connectivity index (χ1) is 8.65. The second-order valence-corrected chi connectivity index (χ2v) is 4.83. The van der Waals surface area contributed by atoms with Gasteiger partial charge in [-0.1, -0.05) is 0 Å². The Bertz CT molecular complexity index is 620. The molecule has 0 fully saturated rings. The van der Waals surface area contributed by atoms with Gasteiger partial charge in [-0.15, -0.1) is 0 Å². The van der Waals surface area contributed by atoms with Gasteiger partial charge in [0.15, 0.2) is 0 Å². The minimum absolute atomic E-state index is 0.0975. The predicted octanol–water partition coefficient (Wildman–Crippen LogP) is 0.591. The summed E-state index contributed by atoms with van der Waals surface area (Å²) in [6.07, 6.45) is 4.53. The van der Waals surface area contributed by atoms with E-state index in [9.17, 15) is 4.79 Å². The summed E-state index contributed by atoms with van der Waals surface area (Å²) in [5.74, 6) is 0.894. The van der Waals surface area contributed by atoms with E-state index in [1.807, 2.05) is 7.05 Å². The zero-order valence-electron chi connectivity index (χ0n) is 10.3. The first-order valence-electron chi connectivity index (χ1n) is 6.14. The molecule has 0 saturated heterocycles. The number of rotatable bonds is 1. The van der Waals surface area contributed by atoms with Gasteiger partial charge in [-0.25, -0.2) is 4.98 Å². The van der Waals surface area contributed by atoms with Gasteiger partial charge in [-0.3, -0.25) is 4.79 Å². The molecule has 0 saturated carbocycles. The fourth-order valence-electron chi connectivity index (χ4n) is 2.54. The number of hydrogen-bond donors (Lipinski definition) is 2. The van der Waals surface area contributed by atoms with Crippen molar-refractivity contribution in [3.8, 4) is 11.4 Å². The van der Waals surface area contributed by atoms with Crippen molar-refractivity contribution in [2.75, 3.05) is 0 Å². The third-order valence-electron chi connectivity index (χ3n) is 3.55. The van der Waals surface area contributed by atoms with E-state index >= 15 is 0 Å². The van der Waals surface area contributed by atoms with Crippen molar-refractivity contribution in [3.63, 3.8) is 0 Å². The standard InChI is InChI=1S/C13H16N4O/c1-17-11-4-3-9(14)6-10(11)16-13(17)8-2-5-12(18)15-7-8/h2,5,7,9H,3-4,6,14H2,1H3,(H,15,18). The molecule has 0 spiro atoms. The number of H-pyrrole nitrogens is 1. The highest BCUT2D eigenvalue weighted by Crippen LogP contribution is 2.25. The van der Waals surface area contributed by atoms with Crippen molar-refractivity contribution in [2.45, 2.75) is 25.3 Å². The number of aromatic amines is 1. The molecule has 2 heterocycles. The molecule has 18 heavy (non-hydrogen) atoms. The molecule has 5 nitrogen and oxygen atoms in total. The van der Waals surface area contributed by atoms with Gasteiger partial charge in [-0.2, -0.15) is 0 Å². The predicted molar refractivity (Wildman–Crippen MR) is 69.3 cm³/mol. The van der Waals surface area contributed by atoms with Gasteiger partial charge in [0.1, 0.15) is 5.82 Å². The molecule has 3 rings (SSSR count). The molecule has 1 unspecified atom stereocenters. The number of aromatic nitrogens is 3. The largest absolute Gasteiger partial charge is 0.331 e. The lowest BCUT2D eigenvalue weighted by Gasteiger charge is -2.17. The van der Waals surface area contributed by atoms with Crippen LogP contribution in [-0.2, 0) is 19.9 Å². The fraction of sp³-hybridized carbons (Fsp3) is 0.385. The van der Waals surface area contributed by atoms with Crippen LogP contribution in [0.5, 0.6) is 0 Å². The minimum atomic E-state index is -0.0975. The maximum Gasteiger partial charge on any atom is 0.247 e. The molecule has 1 atom stereocenters. The number of nitrogens with one attached hydrogen (secondary N) is 1. The lowest BCUT2D eigenvalue weighted by atomic mass is 9.97. The monoisotopic (exact) mass is 244 g/mol. The van der Waals surface area contributed by atoms with E-state index in [2.05, 4.69) is 14.5 Å². The number of pyridine rings is 1. The van der Waals surface area contributed by atoms with E-state index in [-0.39, 0.29) is 11.6 Å². The quantitative estimate of drug-likeness (QED) is 0.771. The van der Waals surface area contributed by atoms with Crippen LogP contribution in [0.3, 0.4) is 0 Å². The molecule has 1 aliphatic rings. The Hall–Kier alpha value is -1.88. The topological polar surface area (TPSA) is 76.7 Å². The van der Waals surface area contributed by atoms with Crippen LogP contribution in [0.15, 0.2) is 23.1 Å². The van der Waals surface area contributed by atoms with E-state index in [4.69, 9.17) is 5.73 Å². The highest BCUT2D eigenvalue weighted by Gasteiger charge is 2.22. The molecule has 0 aliphatic heterocycles. The lowest BCUT2D eigenvalue weighted by molar-refractivity contribution is 0.554. The molecule has 94 valence electrons. The van der Waals surface area contributed by atoms with Crippen LogP contribution in [0.4, 0.5) is 0 Å². The Labute approximate surface area is 105 Å². The van der Waals surface area contributed by atoms with Crippen molar-refractivity contribution < 1.29 is 0 Å². The fourth-order valence-corrected chi connectivity index (χ4v) is 2.54. The SMILES string of the molecule is Cn1c(-c2ccc(=O)[nH]c2)nc2c1CCC(N)C2. The van der Waals surface area contributed by atoms with Gasteiger partial charge < -0.3 is 15.3 Å². The average molecular weight is 244 g/mol. The van der Waals surface area contributed by atoms with Crippen LogP contribution < -0.4 is 11.3 Å². The summed E-state index contributed by atoms with van der Waals surface area (Å²) in [5.41, 5.74) is 9.16. The van der Waals surface area contributed by atoms with Gasteiger partial charge in [-0.05, 0) is 18.9 Å². The van der Waals surface area contributed by atoms with Gasteiger partial charge in [0.2, 0.25) is 5.56 Å². The van der Waals surface area contributed by atoms with Crippen LogP contribution in [0, 0.1) is 0 Å². The second-order valence-electron chi connectivity index (χ2n) is 4.83. The number of fused-ring (bicyclic) bond motifs is 1. The maximum atomic E-state index is 11.1. The Morgan fingerprint density at radius 1 is 1.50 bits per heavy atom. The van der Waals surface area contributed by atoms with E-state index in [1.54, 1.807) is 12.3 Å². The molecular weight excluding hydrogens is 228 g/mol. The summed E-state index contributed by atoms with van der Waals surface area (Å²) in [6.45, 7) is 0. The van der Waals surface area contributed by atoms with Crippen LogP contribution in [-0.4, -0.2) is 20.6 Å². The van der Waals surface area contributed by atoms with Crippen LogP contribution >= 0.6 is 0 Å². The third-order valence-corrected chi connectivity index (χ3v) is 3.55. The number of nitrogens with two attached hydrogens (primary N) is 1. The van der Waals surface area contributed by atoms with Gasteiger partial charge in [0.05, 0.1) is 5.69 Å². The van der Waals surface area contributed by atoms with Crippen LogP contribution in [0.1, 0.15) is 17.8 Å². The van der Waals surface area contributed by atoms with Gasteiger partial charge in [0, 0.05) is 43.0 Å². The van der Waals surface area contributed by atoms with Gasteiger partial charge >= 0.3 is 0 Å². The lowest BCUT2D eigenvalue weighted by Crippen LogP contribution is -2.28. The molecule has 0 amide bonds. The number of hydrogen-bond acceptors (Lipinski definition) is 3. The van der Waals surface area contributed by atoms with Crippen molar-refractivity contribution in [1.82, 2.24) is 14.5 Å². The smallest absolute Gasteiger partial charge is 0.247 e. The summed E-state index contributed by atoms with van der Waals surface area (Å²) in [6, 6.07) is 3.54. The molecule has 0 radical (unpaired) electrons. The minimum Gasteiger partial charge on any atom is -0.331 e. The molecule has 2 aromatic rings. The Kier molecular flexibility index (Phi) is 2.56. The summed E-state index contributed by atoms with van der Waals surface area (Å²) in [7, 11) is 2.02. The molecule has 0 bridgehead atoms. The molecule has 3 N–H and O–H groups in total. The van der Waals surface area contributed by atoms with Crippen LogP contribution in [0.25, 0.3) is 11.4 Å². The summed E-state index contributed by atoms with van der Waals surface area (Å²) >= 11 is 0. The molecule has 5 heteroatoms. The van der Waals surface area contributed by atoms with E-state index in [0.717, 1.165) is 36.3 Å². The molecule has 2 aromatic heterocycles. The maximum absolute atomic E-state index is 11.1. The highest BCUT2D eigenvalue weighted by molar-refractivity contribution is 5.55. The zero-order chi connectivity index (χ0) is 12.7. The first kappa shape index (κ1) is 11.2. The zero-order valence-corrected chi connectivity index (χ0v) is 10.3. The third kappa shape index (κ3) is 1.76. The normalized spacial score (nSPS) is 18.7.